The molecule has 0 spiro atoms. The Balaban J connectivity index is 1.96. The van der Waals surface area contributed by atoms with Crippen LogP contribution in [0.3, 0.4) is 0 Å². The van der Waals surface area contributed by atoms with E-state index in [0.717, 1.165) is 5.69 Å². The molecule has 6 nitrogen and oxygen atoms in total. The summed E-state index contributed by atoms with van der Waals surface area (Å²) in [5.41, 5.74) is 1.56. The van der Waals surface area contributed by atoms with Crippen molar-refractivity contribution in [2.45, 2.75) is 12.8 Å². The summed E-state index contributed by atoms with van der Waals surface area (Å²) in [7, 11) is 3.13. The summed E-state index contributed by atoms with van der Waals surface area (Å²) >= 11 is 0. The Morgan fingerprint density at radius 2 is 2.20 bits per heavy atom. The molecule has 1 heterocycles. The molecule has 0 aliphatic carbocycles. The molecule has 106 valence electrons. The fourth-order valence-electron chi connectivity index (χ4n) is 1.78. The standard InChI is InChI=1S/C14H17N3O3/c1-19-11-4-5-12(13(7-11)20-2)17-14(18)6-3-10-8-15-9-16-10/h4-5,7-9H,3,6H2,1-2H3,(H,15,16)(H,17,18). The van der Waals surface area contributed by atoms with Crippen LogP contribution in [-0.4, -0.2) is 30.1 Å². The summed E-state index contributed by atoms with van der Waals surface area (Å²) in [5, 5.41) is 2.82. The quantitative estimate of drug-likeness (QED) is 0.845. The number of hydrogen-bond acceptors (Lipinski definition) is 4. The Morgan fingerprint density at radius 3 is 2.85 bits per heavy atom. The van der Waals surface area contributed by atoms with E-state index in [1.165, 1.54) is 0 Å². The minimum Gasteiger partial charge on any atom is -0.497 e. The summed E-state index contributed by atoms with van der Waals surface area (Å²) in [6.45, 7) is 0. The van der Waals surface area contributed by atoms with Crippen molar-refractivity contribution in [3.05, 3.63) is 36.4 Å². The molecule has 0 aliphatic rings. The minimum atomic E-state index is -0.0805. The first-order valence-corrected chi connectivity index (χ1v) is 6.22. The molecule has 2 rings (SSSR count). The van der Waals surface area contributed by atoms with Crippen LogP contribution in [0, 0.1) is 0 Å². The monoisotopic (exact) mass is 275 g/mol. The van der Waals surface area contributed by atoms with Gasteiger partial charge in [-0.3, -0.25) is 4.79 Å². The van der Waals surface area contributed by atoms with Crippen LogP contribution in [0.1, 0.15) is 12.1 Å². The van der Waals surface area contributed by atoms with E-state index in [2.05, 4.69) is 15.3 Å². The van der Waals surface area contributed by atoms with Gasteiger partial charge in [0.2, 0.25) is 5.91 Å². The number of H-pyrrole nitrogens is 1. The Kier molecular flexibility index (Phi) is 4.60. The van der Waals surface area contributed by atoms with Crippen LogP contribution in [0.25, 0.3) is 0 Å². The molecule has 2 N–H and O–H groups in total. The van der Waals surface area contributed by atoms with Crippen LogP contribution in [0.5, 0.6) is 11.5 Å². The van der Waals surface area contributed by atoms with Gasteiger partial charge in [0.1, 0.15) is 11.5 Å². The van der Waals surface area contributed by atoms with Crippen LogP contribution >= 0.6 is 0 Å². The van der Waals surface area contributed by atoms with E-state index >= 15 is 0 Å². The fraction of sp³-hybridized carbons (Fsp3) is 0.286. The molecule has 6 heteroatoms. The molecule has 0 atom stereocenters. The molecule has 0 saturated heterocycles. The third-order valence-electron chi connectivity index (χ3n) is 2.86. The topological polar surface area (TPSA) is 76.2 Å². The zero-order chi connectivity index (χ0) is 14.4. The third kappa shape index (κ3) is 3.50. The number of benzene rings is 1. The number of amides is 1. The fourth-order valence-corrected chi connectivity index (χ4v) is 1.78. The van der Waals surface area contributed by atoms with Crippen molar-refractivity contribution in [2.24, 2.45) is 0 Å². The van der Waals surface area contributed by atoms with Crippen molar-refractivity contribution in [2.75, 3.05) is 19.5 Å². The largest absolute Gasteiger partial charge is 0.497 e. The maximum Gasteiger partial charge on any atom is 0.224 e. The molecule has 0 bridgehead atoms. The van der Waals surface area contributed by atoms with E-state index in [1.54, 1.807) is 44.9 Å². The molecule has 1 amide bonds. The van der Waals surface area contributed by atoms with E-state index < -0.39 is 0 Å². The number of anilines is 1. The molecule has 1 aromatic heterocycles. The zero-order valence-corrected chi connectivity index (χ0v) is 11.5. The normalized spacial score (nSPS) is 10.1. The van der Waals surface area contributed by atoms with Crippen molar-refractivity contribution in [1.29, 1.82) is 0 Å². The summed E-state index contributed by atoms with van der Waals surface area (Å²) in [4.78, 5) is 18.8. The molecule has 0 fully saturated rings. The van der Waals surface area contributed by atoms with Gasteiger partial charge < -0.3 is 19.8 Å². The number of rotatable bonds is 6. The second-order valence-corrected chi connectivity index (χ2v) is 4.19. The second-order valence-electron chi connectivity index (χ2n) is 4.19. The van der Waals surface area contributed by atoms with Gasteiger partial charge in [0.15, 0.2) is 0 Å². The van der Waals surface area contributed by atoms with E-state index in [9.17, 15) is 4.79 Å². The van der Waals surface area contributed by atoms with Crippen LogP contribution in [0.4, 0.5) is 5.69 Å². The Labute approximate surface area is 117 Å². The summed E-state index contributed by atoms with van der Waals surface area (Å²) in [6.07, 6.45) is 4.29. The van der Waals surface area contributed by atoms with Crippen molar-refractivity contribution < 1.29 is 14.3 Å². The summed E-state index contributed by atoms with van der Waals surface area (Å²) in [6, 6.07) is 5.25. The highest BCUT2D eigenvalue weighted by atomic mass is 16.5. The average molecular weight is 275 g/mol. The Hall–Kier alpha value is -2.50. The number of carbonyl (C=O) groups is 1. The molecule has 0 aliphatic heterocycles. The number of carbonyl (C=O) groups excluding carboxylic acids is 1. The Morgan fingerprint density at radius 1 is 1.35 bits per heavy atom. The first-order valence-electron chi connectivity index (χ1n) is 6.22. The lowest BCUT2D eigenvalue weighted by Gasteiger charge is -2.11. The van der Waals surface area contributed by atoms with E-state index in [1.807, 2.05) is 0 Å². The predicted octanol–water partition coefficient (Wildman–Crippen LogP) is 2.00. The van der Waals surface area contributed by atoms with Crippen LogP contribution in [-0.2, 0) is 11.2 Å². The van der Waals surface area contributed by atoms with Crippen molar-refractivity contribution in [3.8, 4) is 11.5 Å². The lowest BCUT2D eigenvalue weighted by atomic mass is 10.2. The molecule has 1 aromatic carbocycles. The van der Waals surface area contributed by atoms with Gasteiger partial charge in [-0.15, -0.1) is 0 Å². The first kappa shape index (κ1) is 13.9. The number of nitrogens with one attached hydrogen (secondary N) is 2. The van der Waals surface area contributed by atoms with Gasteiger partial charge in [-0.25, -0.2) is 4.98 Å². The molecule has 20 heavy (non-hydrogen) atoms. The first-order chi connectivity index (χ1) is 9.72. The van der Waals surface area contributed by atoms with Crippen molar-refractivity contribution in [3.63, 3.8) is 0 Å². The van der Waals surface area contributed by atoms with E-state index in [4.69, 9.17) is 9.47 Å². The van der Waals surface area contributed by atoms with E-state index in [0.29, 0.717) is 30.0 Å². The summed E-state index contributed by atoms with van der Waals surface area (Å²) in [5.74, 6) is 1.17. The van der Waals surface area contributed by atoms with Gasteiger partial charge in [-0.1, -0.05) is 0 Å². The smallest absolute Gasteiger partial charge is 0.224 e. The van der Waals surface area contributed by atoms with Crippen molar-refractivity contribution in [1.82, 2.24) is 9.97 Å². The Bertz CT molecular complexity index is 567. The molecule has 0 radical (unpaired) electrons. The average Bonchev–Trinajstić information content (AvgIpc) is 2.99. The van der Waals surface area contributed by atoms with Crippen LogP contribution in [0.15, 0.2) is 30.7 Å². The number of methoxy groups -OCH3 is 2. The number of imidazole rings is 1. The van der Waals surface area contributed by atoms with E-state index in [-0.39, 0.29) is 5.91 Å². The van der Waals surface area contributed by atoms with Gasteiger partial charge in [0.25, 0.3) is 0 Å². The van der Waals surface area contributed by atoms with Gasteiger partial charge in [-0.2, -0.15) is 0 Å². The number of aryl methyl sites for hydroxylation is 1. The number of aromatic amines is 1. The van der Waals surface area contributed by atoms with Gasteiger partial charge in [0.05, 0.1) is 26.2 Å². The van der Waals surface area contributed by atoms with Crippen LogP contribution in [0.2, 0.25) is 0 Å². The van der Waals surface area contributed by atoms with Gasteiger partial charge in [-0.05, 0) is 18.6 Å². The minimum absolute atomic E-state index is 0.0805. The molecular weight excluding hydrogens is 258 g/mol. The lowest BCUT2D eigenvalue weighted by Crippen LogP contribution is -2.13. The van der Waals surface area contributed by atoms with Gasteiger partial charge in [0, 0.05) is 24.4 Å². The van der Waals surface area contributed by atoms with Gasteiger partial charge >= 0.3 is 0 Å². The maximum atomic E-state index is 11.9. The zero-order valence-electron chi connectivity index (χ0n) is 11.5. The molecule has 2 aromatic rings. The second kappa shape index (κ2) is 6.60. The molecule has 0 unspecified atom stereocenters. The molecule has 0 saturated carbocycles. The SMILES string of the molecule is COc1ccc(NC(=O)CCc2cnc[nH]2)c(OC)c1. The number of hydrogen-bond donors (Lipinski definition) is 2. The number of nitrogens with zero attached hydrogens (tertiary/aromatic N) is 1. The van der Waals surface area contributed by atoms with Crippen LogP contribution < -0.4 is 14.8 Å². The highest BCUT2D eigenvalue weighted by Crippen LogP contribution is 2.29. The number of ether oxygens (including phenoxy) is 2. The molecular formula is C14H17N3O3. The highest BCUT2D eigenvalue weighted by Gasteiger charge is 2.09. The predicted molar refractivity (Wildman–Crippen MR) is 75.1 cm³/mol. The maximum absolute atomic E-state index is 11.9. The number of aromatic nitrogens is 2. The van der Waals surface area contributed by atoms with Crippen molar-refractivity contribution >= 4 is 11.6 Å². The highest BCUT2D eigenvalue weighted by molar-refractivity contribution is 5.92. The summed E-state index contributed by atoms with van der Waals surface area (Å²) < 4.78 is 10.3. The lowest BCUT2D eigenvalue weighted by molar-refractivity contribution is -0.116. The third-order valence-corrected chi connectivity index (χ3v) is 2.86.